The highest BCUT2D eigenvalue weighted by molar-refractivity contribution is 6.00. The van der Waals surface area contributed by atoms with Crippen LogP contribution in [-0.4, -0.2) is 39.2 Å². The van der Waals surface area contributed by atoms with Crippen molar-refractivity contribution in [1.29, 1.82) is 0 Å². The monoisotopic (exact) mass is 341 g/mol. The maximum absolute atomic E-state index is 12.5. The fourth-order valence-electron chi connectivity index (χ4n) is 3.06. The molecule has 2 heterocycles. The second-order valence-corrected chi connectivity index (χ2v) is 6.45. The van der Waals surface area contributed by atoms with E-state index in [1.807, 2.05) is 31.2 Å². The largest absolute Gasteiger partial charge is 0.351 e. The summed E-state index contributed by atoms with van der Waals surface area (Å²) in [6.45, 7) is 4.98. The van der Waals surface area contributed by atoms with Crippen LogP contribution in [0.1, 0.15) is 25.8 Å². The maximum atomic E-state index is 12.5. The number of aromatic nitrogens is 3. The summed E-state index contributed by atoms with van der Waals surface area (Å²) in [7, 11) is 0. The fourth-order valence-corrected chi connectivity index (χ4v) is 3.06. The van der Waals surface area contributed by atoms with Gasteiger partial charge in [-0.25, -0.2) is 4.98 Å². The van der Waals surface area contributed by atoms with E-state index in [1.165, 1.54) is 11.9 Å². The highest BCUT2D eigenvalue weighted by Crippen LogP contribution is 2.25. The molecule has 2 unspecified atom stereocenters. The molecule has 2 amide bonds. The molecule has 0 aliphatic carbocycles. The van der Waals surface area contributed by atoms with Gasteiger partial charge >= 0.3 is 0 Å². The molecular formula is C18H23N5O2. The first-order chi connectivity index (χ1) is 12.1. The van der Waals surface area contributed by atoms with Gasteiger partial charge in [-0.05, 0) is 31.0 Å². The number of rotatable bonds is 6. The van der Waals surface area contributed by atoms with Crippen molar-refractivity contribution in [3.8, 4) is 0 Å². The van der Waals surface area contributed by atoms with Gasteiger partial charge in [0.25, 0.3) is 0 Å². The standard InChI is InChI=1S/C18H23N5O2/c1-3-14-4-6-16(7-5-14)23-10-15(8-17(23)24)18(25)21-13(2)9-22-12-19-11-20-22/h4-7,11-13,15H,3,8-10H2,1-2H3,(H,21,25). The molecule has 1 fully saturated rings. The molecule has 0 spiro atoms. The molecule has 1 aliphatic heterocycles. The minimum Gasteiger partial charge on any atom is -0.351 e. The number of nitrogens with one attached hydrogen (secondary N) is 1. The third-order valence-electron chi connectivity index (χ3n) is 4.47. The predicted octanol–water partition coefficient (Wildman–Crippen LogP) is 1.40. The average molecular weight is 341 g/mol. The third-order valence-corrected chi connectivity index (χ3v) is 4.47. The van der Waals surface area contributed by atoms with Gasteiger partial charge in [-0.3, -0.25) is 14.3 Å². The van der Waals surface area contributed by atoms with Crippen LogP contribution in [0.5, 0.6) is 0 Å². The summed E-state index contributed by atoms with van der Waals surface area (Å²) in [6.07, 6.45) is 4.29. The van der Waals surface area contributed by atoms with Crippen LogP contribution in [0.15, 0.2) is 36.9 Å². The van der Waals surface area contributed by atoms with Crippen LogP contribution in [-0.2, 0) is 22.6 Å². The van der Waals surface area contributed by atoms with E-state index in [0.717, 1.165) is 12.1 Å². The molecule has 25 heavy (non-hydrogen) atoms. The number of benzene rings is 1. The van der Waals surface area contributed by atoms with Crippen LogP contribution in [0.25, 0.3) is 0 Å². The van der Waals surface area contributed by atoms with Gasteiger partial charge < -0.3 is 10.2 Å². The van der Waals surface area contributed by atoms with Gasteiger partial charge in [0.2, 0.25) is 11.8 Å². The molecule has 1 saturated heterocycles. The topological polar surface area (TPSA) is 80.1 Å². The van der Waals surface area contributed by atoms with Crippen LogP contribution < -0.4 is 10.2 Å². The Hall–Kier alpha value is -2.70. The van der Waals surface area contributed by atoms with Crippen molar-refractivity contribution in [1.82, 2.24) is 20.1 Å². The minimum atomic E-state index is -0.323. The Morgan fingerprint density at radius 1 is 1.36 bits per heavy atom. The van der Waals surface area contributed by atoms with Crippen LogP contribution in [0.4, 0.5) is 5.69 Å². The molecule has 1 aliphatic rings. The van der Waals surface area contributed by atoms with Gasteiger partial charge in [0, 0.05) is 24.7 Å². The van der Waals surface area contributed by atoms with Gasteiger partial charge in [0.1, 0.15) is 12.7 Å². The number of carbonyl (C=O) groups excluding carboxylic acids is 2. The second kappa shape index (κ2) is 7.46. The lowest BCUT2D eigenvalue weighted by Crippen LogP contribution is -2.40. The van der Waals surface area contributed by atoms with Crippen LogP contribution >= 0.6 is 0 Å². The van der Waals surface area contributed by atoms with Crippen molar-refractivity contribution >= 4 is 17.5 Å². The summed E-state index contributed by atoms with van der Waals surface area (Å²) in [6, 6.07) is 7.86. The normalized spacial score (nSPS) is 18.4. The zero-order chi connectivity index (χ0) is 17.8. The van der Waals surface area contributed by atoms with Crippen molar-refractivity contribution in [2.45, 2.75) is 39.3 Å². The number of amides is 2. The number of hydrogen-bond acceptors (Lipinski definition) is 4. The Bertz CT molecular complexity index is 726. The smallest absolute Gasteiger partial charge is 0.227 e. The maximum Gasteiger partial charge on any atom is 0.227 e. The predicted molar refractivity (Wildman–Crippen MR) is 93.9 cm³/mol. The molecule has 0 saturated carbocycles. The Morgan fingerprint density at radius 2 is 2.12 bits per heavy atom. The molecule has 2 aromatic rings. The molecule has 0 radical (unpaired) electrons. The Balaban J connectivity index is 1.58. The lowest BCUT2D eigenvalue weighted by molar-refractivity contribution is -0.126. The summed E-state index contributed by atoms with van der Waals surface area (Å²) in [4.78, 5) is 30.4. The van der Waals surface area contributed by atoms with Gasteiger partial charge in [-0.15, -0.1) is 0 Å². The van der Waals surface area contributed by atoms with Gasteiger partial charge in [0.05, 0.1) is 12.5 Å². The summed E-state index contributed by atoms with van der Waals surface area (Å²) < 4.78 is 1.67. The summed E-state index contributed by atoms with van der Waals surface area (Å²) >= 11 is 0. The number of carbonyl (C=O) groups is 2. The lowest BCUT2D eigenvalue weighted by atomic mass is 10.1. The second-order valence-electron chi connectivity index (χ2n) is 6.45. The molecule has 3 rings (SSSR count). The molecule has 1 N–H and O–H groups in total. The number of aryl methyl sites for hydroxylation is 1. The highest BCUT2D eigenvalue weighted by Gasteiger charge is 2.35. The van der Waals surface area contributed by atoms with E-state index in [9.17, 15) is 9.59 Å². The summed E-state index contributed by atoms with van der Waals surface area (Å²) in [5, 5.41) is 7.00. The Labute approximate surface area is 147 Å². The molecule has 132 valence electrons. The van der Waals surface area contributed by atoms with E-state index in [0.29, 0.717) is 13.1 Å². The zero-order valence-corrected chi connectivity index (χ0v) is 14.6. The zero-order valence-electron chi connectivity index (χ0n) is 14.6. The third kappa shape index (κ3) is 4.04. The van der Waals surface area contributed by atoms with E-state index in [2.05, 4.69) is 22.3 Å². The number of hydrogen-bond donors (Lipinski definition) is 1. The highest BCUT2D eigenvalue weighted by atomic mass is 16.2. The molecule has 7 heteroatoms. The van der Waals surface area contributed by atoms with Crippen LogP contribution in [0.2, 0.25) is 0 Å². The minimum absolute atomic E-state index is 0.00618. The fraction of sp³-hybridized carbons (Fsp3) is 0.444. The van der Waals surface area contributed by atoms with Gasteiger partial charge in [-0.1, -0.05) is 19.1 Å². The quantitative estimate of drug-likeness (QED) is 0.861. The van der Waals surface area contributed by atoms with E-state index in [-0.39, 0.29) is 30.2 Å². The molecule has 7 nitrogen and oxygen atoms in total. The first-order valence-corrected chi connectivity index (χ1v) is 8.59. The van der Waals surface area contributed by atoms with E-state index >= 15 is 0 Å². The molecule has 2 atom stereocenters. The van der Waals surface area contributed by atoms with E-state index in [1.54, 1.807) is 15.9 Å². The van der Waals surface area contributed by atoms with Crippen molar-refractivity contribution in [2.24, 2.45) is 5.92 Å². The molecule has 0 bridgehead atoms. The van der Waals surface area contributed by atoms with E-state index in [4.69, 9.17) is 0 Å². The molecular weight excluding hydrogens is 318 g/mol. The van der Waals surface area contributed by atoms with E-state index < -0.39 is 0 Å². The van der Waals surface area contributed by atoms with Crippen LogP contribution in [0, 0.1) is 5.92 Å². The Kier molecular flexibility index (Phi) is 5.11. The summed E-state index contributed by atoms with van der Waals surface area (Å²) in [5.41, 5.74) is 2.08. The van der Waals surface area contributed by atoms with Crippen molar-refractivity contribution in [3.05, 3.63) is 42.5 Å². The van der Waals surface area contributed by atoms with Gasteiger partial charge in [-0.2, -0.15) is 5.10 Å². The first-order valence-electron chi connectivity index (χ1n) is 8.59. The summed E-state index contributed by atoms with van der Waals surface area (Å²) in [5.74, 6) is -0.418. The average Bonchev–Trinajstić information content (AvgIpc) is 3.24. The number of anilines is 1. The molecule has 1 aromatic heterocycles. The van der Waals surface area contributed by atoms with Gasteiger partial charge in [0.15, 0.2) is 0 Å². The number of nitrogens with zero attached hydrogens (tertiary/aromatic N) is 4. The van der Waals surface area contributed by atoms with Crippen molar-refractivity contribution in [2.75, 3.05) is 11.4 Å². The van der Waals surface area contributed by atoms with Crippen LogP contribution in [0.3, 0.4) is 0 Å². The SMILES string of the molecule is CCc1ccc(N2CC(C(=O)NC(C)Cn3cncn3)CC2=O)cc1. The lowest BCUT2D eigenvalue weighted by Gasteiger charge is -2.18. The molecule has 1 aromatic carbocycles. The first kappa shape index (κ1) is 17.1. The van der Waals surface area contributed by atoms with Crippen molar-refractivity contribution < 1.29 is 9.59 Å². The van der Waals surface area contributed by atoms with Crippen molar-refractivity contribution in [3.63, 3.8) is 0 Å². The Morgan fingerprint density at radius 3 is 2.76 bits per heavy atom.